The third-order valence-corrected chi connectivity index (χ3v) is 7.01. The topological polar surface area (TPSA) is 96.6 Å². The number of likely N-dealkylation sites (N-methyl/N-ethyl adjacent to an activating group) is 1. The van der Waals surface area contributed by atoms with E-state index in [4.69, 9.17) is 0 Å². The fourth-order valence-corrected chi connectivity index (χ4v) is 5.09. The number of likely N-dealkylation sites (tertiary alicyclic amines) is 1. The maximum atomic E-state index is 13.5. The van der Waals surface area contributed by atoms with E-state index >= 15 is 0 Å². The first-order valence-corrected chi connectivity index (χ1v) is 12.2. The van der Waals surface area contributed by atoms with Crippen LogP contribution in [0.2, 0.25) is 0 Å². The monoisotopic (exact) mass is 479 g/mol. The van der Waals surface area contributed by atoms with Crippen molar-refractivity contribution in [2.45, 2.75) is 50.9 Å². The lowest BCUT2D eigenvalue weighted by molar-refractivity contribution is -0.127. The number of hydrogen-bond acceptors (Lipinski definition) is 5. The summed E-state index contributed by atoms with van der Waals surface area (Å²) in [6.45, 7) is 10.2. The number of urea groups is 1. The van der Waals surface area contributed by atoms with Gasteiger partial charge in [-0.1, -0.05) is 36.9 Å². The molecule has 9 nitrogen and oxygen atoms in total. The highest BCUT2D eigenvalue weighted by molar-refractivity contribution is 5.87. The number of amides is 3. The Morgan fingerprint density at radius 3 is 2.74 bits per heavy atom. The van der Waals surface area contributed by atoms with Crippen molar-refractivity contribution in [1.29, 1.82) is 0 Å². The van der Waals surface area contributed by atoms with E-state index in [-0.39, 0.29) is 24.0 Å². The number of nitrogens with one attached hydrogen (secondary N) is 3. The van der Waals surface area contributed by atoms with E-state index in [1.807, 2.05) is 68.1 Å². The Labute approximate surface area is 207 Å². The van der Waals surface area contributed by atoms with Gasteiger partial charge in [-0.15, -0.1) is 0 Å². The van der Waals surface area contributed by atoms with Crippen LogP contribution in [-0.2, 0) is 16.9 Å². The Bertz CT molecular complexity index is 1060. The van der Waals surface area contributed by atoms with Gasteiger partial charge in [0.1, 0.15) is 0 Å². The van der Waals surface area contributed by atoms with Gasteiger partial charge >= 0.3 is 6.03 Å². The molecule has 188 valence electrons. The molecule has 0 aliphatic carbocycles. The van der Waals surface area contributed by atoms with Crippen LogP contribution < -0.4 is 10.6 Å². The third kappa shape index (κ3) is 5.19. The number of rotatable bonds is 7. The van der Waals surface area contributed by atoms with Crippen LogP contribution in [0.1, 0.15) is 49.6 Å². The number of nitrogens with zero attached hydrogens (tertiary/aromatic N) is 4. The summed E-state index contributed by atoms with van der Waals surface area (Å²) >= 11 is 0. The number of piperidine rings is 1. The first kappa shape index (κ1) is 24.8. The van der Waals surface area contributed by atoms with E-state index in [1.165, 1.54) is 6.08 Å². The van der Waals surface area contributed by atoms with Gasteiger partial charge in [0, 0.05) is 31.2 Å². The summed E-state index contributed by atoms with van der Waals surface area (Å²) in [5, 5.41) is 14.5. The standard InChI is InChI=1S/C26H37N7O2/c1-6-22(34)32-14-10-13-19(15-32)27-24-20-16-33(26(2,3)23(20)29-30-24)25(35)28-21(17-31(4)5)18-11-8-7-9-12-18/h6-9,11-12,19,21H,1,10,13-17H2,2-5H3,(H,28,35)(H2,27,29,30). The van der Waals surface area contributed by atoms with E-state index in [2.05, 4.69) is 32.3 Å². The highest BCUT2D eigenvalue weighted by atomic mass is 16.2. The molecule has 1 saturated heterocycles. The van der Waals surface area contributed by atoms with Crippen molar-refractivity contribution in [3.05, 3.63) is 59.8 Å². The molecule has 1 aromatic heterocycles. The Kier molecular flexibility index (Phi) is 7.16. The summed E-state index contributed by atoms with van der Waals surface area (Å²) in [5.74, 6) is 0.715. The molecule has 0 bridgehead atoms. The molecule has 1 fully saturated rings. The Balaban J connectivity index is 1.48. The molecule has 35 heavy (non-hydrogen) atoms. The van der Waals surface area contributed by atoms with Crippen molar-refractivity contribution in [3.63, 3.8) is 0 Å². The Hall–Kier alpha value is -3.33. The van der Waals surface area contributed by atoms with Gasteiger partial charge in [-0.25, -0.2) is 4.79 Å². The number of benzene rings is 1. The average Bonchev–Trinajstić information content (AvgIpc) is 3.36. The van der Waals surface area contributed by atoms with Crippen molar-refractivity contribution in [2.24, 2.45) is 0 Å². The van der Waals surface area contributed by atoms with Crippen LogP contribution in [0.15, 0.2) is 43.0 Å². The first-order valence-electron chi connectivity index (χ1n) is 12.2. The smallest absolute Gasteiger partial charge is 0.319 e. The minimum Gasteiger partial charge on any atom is -0.364 e. The number of aromatic nitrogens is 2. The molecule has 2 aliphatic heterocycles. The van der Waals surface area contributed by atoms with Crippen molar-refractivity contribution in [3.8, 4) is 0 Å². The van der Waals surface area contributed by atoms with Crippen LogP contribution in [0.5, 0.6) is 0 Å². The van der Waals surface area contributed by atoms with Gasteiger partial charge in [0.05, 0.1) is 23.8 Å². The van der Waals surface area contributed by atoms with Gasteiger partial charge in [-0.05, 0) is 52.4 Å². The van der Waals surface area contributed by atoms with Crippen LogP contribution in [0, 0.1) is 0 Å². The zero-order valence-electron chi connectivity index (χ0n) is 21.2. The van der Waals surface area contributed by atoms with Crippen LogP contribution in [0.4, 0.5) is 10.6 Å². The second-order valence-corrected chi connectivity index (χ2v) is 10.2. The maximum Gasteiger partial charge on any atom is 0.319 e. The van der Waals surface area contributed by atoms with Crippen LogP contribution >= 0.6 is 0 Å². The molecular formula is C26H37N7O2. The Morgan fingerprint density at radius 2 is 2.06 bits per heavy atom. The summed E-state index contributed by atoms with van der Waals surface area (Å²) < 4.78 is 0. The number of aromatic amines is 1. The molecule has 4 rings (SSSR count). The molecule has 2 atom stereocenters. The predicted octanol–water partition coefficient (Wildman–Crippen LogP) is 3.06. The van der Waals surface area contributed by atoms with E-state index in [0.717, 1.165) is 42.0 Å². The summed E-state index contributed by atoms with van der Waals surface area (Å²) in [7, 11) is 4.01. The third-order valence-electron chi connectivity index (χ3n) is 7.01. The van der Waals surface area contributed by atoms with Gasteiger partial charge in [0.2, 0.25) is 5.91 Å². The molecular weight excluding hydrogens is 442 g/mol. The zero-order chi connectivity index (χ0) is 25.2. The second kappa shape index (κ2) is 10.1. The van der Waals surface area contributed by atoms with E-state index in [0.29, 0.717) is 19.6 Å². The molecule has 3 heterocycles. The second-order valence-electron chi connectivity index (χ2n) is 10.2. The van der Waals surface area contributed by atoms with Crippen molar-refractivity contribution >= 4 is 17.8 Å². The van der Waals surface area contributed by atoms with Gasteiger partial charge in [0.25, 0.3) is 0 Å². The summed E-state index contributed by atoms with van der Waals surface area (Å²) in [6.07, 6.45) is 3.25. The molecule has 1 aromatic carbocycles. The maximum absolute atomic E-state index is 13.5. The molecule has 0 saturated carbocycles. The average molecular weight is 480 g/mol. The predicted molar refractivity (Wildman–Crippen MR) is 137 cm³/mol. The highest BCUT2D eigenvalue weighted by Crippen LogP contribution is 2.41. The molecule has 3 N–H and O–H groups in total. The zero-order valence-corrected chi connectivity index (χ0v) is 21.2. The first-order chi connectivity index (χ1) is 16.7. The molecule has 9 heteroatoms. The molecule has 2 aliphatic rings. The van der Waals surface area contributed by atoms with E-state index in [9.17, 15) is 9.59 Å². The van der Waals surface area contributed by atoms with Crippen LogP contribution in [0.25, 0.3) is 0 Å². The summed E-state index contributed by atoms with van der Waals surface area (Å²) in [6, 6.07) is 9.93. The van der Waals surface area contributed by atoms with Crippen molar-refractivity contribution in [1.82, 2.24) is 30.2 Å². The normalized spacial score (nSPS) is 19.9. The van der Waals surface area contributed by atoms with Crippen molar-refractivity contribution in [2.75, 3.05) is 39.0 Å². The van der Waals surface area contributed by atoms with Crippen LogP contribution in [-0.4, -0.2) is 76.6 Å². The van der Waals surface area contributed by atoms with Crippen LogP contribution in [0.3, 0.4) is 0 Å². The minimum atomic E-state index is -0.539. The number of fused-ring (bicyclic) bond motifs is 1. The largest absolute Gasteiger partial charge is 0.364 e. The van der Waals surface area contributed by atoms with Crippen molar-refractivity contribution < 1.29 is 9.59 Å². The molecule has 2 aromatic rings. The van der Waals surface area contributed by atoms with E-state index < -0.39 is 5.54 Å². The molecule has 0 spiro atoms. The SMILES string of the molecule is C=CC(=O)N1CCCC(Nc2n[nH]c3c2CN(C(=O)NC(CN(C)C)c2ccccc2)C3(C)C)C1. The highest BCUT2D eigenvalue weighted by Gasteiger charge is 2.44. The Morgan fingerprint density at radius 1 is 1.31 bits per heavy atom. The molecule has 2 unspecified atom stereocenters. The quantitative estimate of drug-likeness (QED) is 0.531. The summed E-state index contributed by atoms with van der Waals surface area (Å²) in [4.78, 5) is 31.4. The van der Waals surface area contributed by atoms with Gasteiger partial charge in [-0.2, -0.15) is 5.10 Å². The number of carbonyl (C=O) groups is 2. The molecule has 0 radical (unpaired) electrons. The lowest BCUT2D eigenvalue weighted by Crippen LogP contribution is -2.48. The number of hydrogen-bond donors (Lipinski definition) is 3. The fourth-order valence-electron chi connectivity index (χ4n) is 5.09. The fraction of sp³-hybridized carbons (Fsp3) is 0.500. The van der Waals surface area contributed by atoms with E-state index in [1.54, 1.807) is 0 Å². The number of anilines is 1. The summed E-state index contributed by atoms with van der Waals surface area (Å²) in [5.41, 5.74) is 2.48. The van der Waals surface area contributed by atoms with Gasteiger partial charge in [0.15, 0.2) is 5.82 Å². The number of carbonyl (C=O) groups excluding carboxylic acids is 2. The lowest BCUT2D eigenvalue weighted by Gasteiger charge is -2.34. The van der Waals surface area contributed by atoms with Gasteiger partial charge < -0.3 is 25.3 Å². The lowest BCUT2D eigenvalue weighted by atomic mass is 10.0. The number of H-pyrrole nitrogens is 1. The minimum absolute atomic E-state index is 0.0431. The molecule has 3 amide bonds. The van der Waals surface area contributed by atoms with Gasteiger partial charge in [-0.3, -0.25) is 9.89 Å².